The van der Waals surface area contributed by atoms with Gasteiger partial charge in [-0.15, -0.1) is 0 Å². The van der Waals surface area contributed by atoms with Crippen LogP contribution in [-0.2, 0) is 14.3 Å². The van der Waals surface area contributed by atoms with E-state index in [1.165, 1.54) is 0 Å². The number of rotatable bonds is 10. The highest BCUT2D eigenvalue weighted by Crippen LogP contribution is 2.11. The second kappa shape index (κ2) is 9.95. The molecule has 0 fully saturated rings. The van der Waals surface area contributed by atoms with Crippen LogP contribution in [-0.4, -0.2) is 48.2 Å². The van der Waals surface area contributed by atoms with Gasteiger partial charge in [-0.05, 0) is 25.7 Å². The van der Waals surface area contributed by atoms with Crippen LogP contribution >= 0.6 is 0 Å². The molecule has 0 saturated heterocycles. The maximum Gasteiger partial charge on any atom is 0.333 e. The highest BCUT2D eigenvalue weighted by molar-refractivity contribution is 5.87. The SMILES string of the molecule is C=C(CCC(CO)OCC(C)O)C(=O)OCC(C)C. The van der Waals surface area contributed by atoms with Crippen molar-refractivity contribution in [1.82, 2.24) is 0 Å². The van der Waals surface area contributed by atoms with E-state index in [1.54, 1.807) is 6.92 Å². The molecular formula is C14H26O5. The van der Waals surface area contributed by atoms with Crippen LogP contribution in [0.3, 0.4) is 0 Å². The Bertz CT molecular complexity index is 273. The Hall–Kier alpha value is -0.910. The fourth-order valence-electron chi connectivity index (χ4n) is 1.28. The number of carbonyl (C=O) groups is 1. The average molecular weight is 274 g/mol. The van der Waals surface area contributed by atoms with Gasteiger partial charge in [-0.3, -0.25) is 0 Å². The van der Waals surface area contributed by atoms with E-state index in [1.807, 2.05) is 13.8 Å². The molecule has 0 aliphatic heterocycles. The molecule has 0 aromatic rings. The van der Waals surface area contributed by atoms with Crippen molar-refractivity contribution in [3.8, 4) is 0 Å². The zero-order chi connectivity index (χ0) is 14.8. The topological polar surface area (TPSA) is 76.0 Å². The first-order valence-electron chi connectivity index (χ1n) is 6.62. The van der Waals surface area contributed by atoms with Crippen molar-refractivity contribution in [3.05, 3.63) is 12.2 Å². The predicted molar refractivity (Wildman–Crippen MR) is 72.7 cm³/mol. The molecular weight excluding hydrogens is 248 g/mol. The summed E-state index contributed by atoms with van der Waals surface area (Å²) < 4.78 is 10.3. The number of esters is 1. The molecule has 112 valence electrons. The van der Waals surface area contributed by atoms with Gasteiger partial charge in [0.2, 0.25) is 0 Å². The van der Waals surface area contributed by atoms with Crippen LogP contribution in [0.1, 0.15) is 33.6 Å². The Morgan fingerprint density at radius 1 is 1.26 bits per heavy atom. The predicted octanol–water partition coefficient (Wildman–Crippen LogP) is 1.28. The van der Waals surface area contributed by atoms with E-state index in [9.17, 15) is 4.79 Å². The summed E-state index contributed by atoms with van der Waals surface area (Å²) in [5, 5.41) is 18.2. The van der Waals surface area contributed by atoms with Gasteiger partial charge >= 0.3 is 5.97 Å². The van der Waals surface area contributed by atoms with Crippen LogP contribution < -0.4 is 0 Å². The van der Waals surface area contributed by atoms with Crippen molar-refractivity contribution < 1.29 is 24.5 Å². The molecule has 0 aliphatic carbocycles. The second-order valence-electron chi connectivity index (χ2n) is 5.12. The van der Waals surface area contributed by atoms with Crippen molar-refractivity contribution in [2.75, 3.05) is 19.8 Å². The lowest BCUT2D eigenvalue weighted by Crippen LogP contribution is -2.23. The van der Waals surface area contributed by atoms with Crippen molar-refractivity contribution in [3.63, 3.8) is 0 Å². The molecule has 19 heavy (non-hydrogen) atoms. The molecule has 0 spiro atoms. The average Bonchev–Trinajstić information content (AvgIpc) is 2.35. The van der Waals surface area contributed by atoms with E-state index >= 15 is 0 Å². The number of aliphatic hydroxyl groups is 2. The lowest BCUT2D eigenvalue weighted by atomic mass is 10.1. The Labute approximate surface area is 115 Å². The molecule has 5 nitrogen and oxygen atoms in total. The van der Waals surface area contributed by atoms with Crippen molar-refractivity contribution in [2.24, 2.45) is 5.92 Å². The van der Waals surface area contributed by atoms with Gasteiger partial charge in [-0.25, -0.2) is 4.79 Å². The minimum Gasteiger partial charge on any atom is -0.462 e. The molecule has 2 unspecified atom stereocenters. The largest absolute Gasteiger partial charge is 0.462 e. The number of ether oxygens (including phenoxy) is 2. The second-order valence-corrected chi connectivity index (χ2v) is 5.12. The highest BCUT2D eigenvalue weighted by atomic mass is 16.5. The fourth-order valence-corrected chi connectivity index (χ4v) is 1.28. The van der Waals surface area contributed by atoms with Crippen molar-refractivity contribution in [2.45, 2.75) is 45.8 Å². The lowest BCUT2D eigenvalue weighted by Gasteiger charge is -2.17. The number of hydrogen-bond acceptors (Lipinski definition) is 5. The molecule has 0 amide bonds. The minimum atomic E-state index is -0.576. The van der Waals surface area contributed by atoms with Gasteiger partial charge in [0.15, 0.2) is 0 Å². The van der Waals surface area contributed by atoms with E-state index in [0.717, 1.165) is 0 Å². The summed E-state index contributed by atoms with van der Waals surface area (Å²) in [6.45, 7) is 9.59. The van der Waals surface area contributed by atoms with Crippen LogP contribution in [0.25, 0.3) is 0 Å². The van der Waals surface area contributed by atoms with Crippen molar-refractivity contribution >= 4 is 5.97 Å². The molecule has 0 radical (unpaired) electrons. The van der Waals surface area contributed by atoms with Crippen LogP contribution in [0, 0.1) is 5.92 Å². The summed E-state index contributed by atoms with van der Waals surface area (Å²) >= 11 is 0. The maximum absolute atomic E-state index is 11.5. The van der Waals surface area contributed by atoms with Gasteiger partial charge in [0.1, 0.15) is 0 Å². The van der Waals surface area contributed by atoms with Crippen LogP contribution in [0.15, 0.2) is 12.2 Å². The monoisotopic (exact) mass is 274 g/mol. The minimum absolute atomic E-state index is 0.152. The normalized spacial score (nSPS) is 14.2. The Morgan fingerprint density at radius 3 is 2.37 bits per heavy atom. The zero-order valence-electron chi connectivity index (χ0n) is 12.1. The Morgan fingerprint density at radius 2 is 1.89 bits per heavy atom. The van der Waals surface area contributed by atoms with Gasteiger partial charge in [-0.1, -0.05) is 20.4 Å². The molecule has 0 aromatic heterocycles. The van der Waals surface area contributed by atoms with Gasteiger partial charge in [-0.2, -0.15) is 0 Å². The van der Waals surface area contributed by atoms with Crippen molar-refractivity contribution in [1.29, 1.82) is 0 Å². The summed E-state index contributed by atoms with van der Waals surface area (Å²) in [5.74, 6) is -0.114. The standard InChI is InChI=1S/C14H26O5/c1-10(2)8-19-14(17)11(3)5-6-13(7-15)18-9-12(4)16/h10,12-13,15-16H,3,5-9H2,1-2,4H3. The summed E-state index contributed by atoms with van der Waals surface area (Å²) in [5.41, 5.74) is 0.375. The van der Waals surface area contributed by atoms with E-state index in [0.29, 0.717) is 25.0 Å². The van der Waals surface area contributed by atoms with E-state index in [4.69, 9.17) is 19.7 Å². The summed E-state index contributed by atoms with van der Waals surface area (Å²) in [6, 6.07) is 0. The molecule has 2 atom stereocenters. The quantitative estimate of drug-likeness (QED) is 0.463. The molecule has 0 bridgehead atoms. The molecule has 5 heteroatoms. The third-order valence-corrected chi connectivity index (χ3v) is 2.38. The molecule has 0 heterocycles. The maximum atomic E-state index is 11.5. The van der Waals surface area contributed by atoms with Crippen LogP contribution in [0.4, 0.5) is 0 Å². The first-order valence-corrected chi connectivity index (χ1v) is 6.62. The van der Waals surface area contributed by atoms with Gasteiger partial charge < -0.3 is 19.7 Å². The summed E-state index contributed by atoms with van der Waals surface area (Å²) in [6.07, 6.45) is -0.0987. The Kier molecular flexibility index (Phi) is 9.47. The zero-order valence-corrected chi connectivity index (χ0v) is 12.1. The smallest absolute Gasteiger partial charge is 0.333 e. The molecule has 0 aliphatic rings. The fraction of sp³-hybridized carbons (Fsp3) is 0.786. The van der Waals surface area contributed by atoms with Gasteiger partial charge in [0.25, 0.3) is 0 Å². The van der Waals surface area contributed by atoms with E-state index in [2.05, 4.69) is 6.58 Å². The number of carbonyl (C=O) groups excluding carboxylic acids is 1. The molecule has 0 aromatic carbocycles. The van der Waals surface area contributed by atoms with Crippen LogP contribution in [0.5, 0.6) is 0 Å². The van der Waals surface area contributed by atoms with E-state index < -0.39 is 18.2 Å². The molecule has 0 rings (SSSR count). The Balaban J connectivity index is 3.94. The number of hydrogen-bond donors (Lipinski definition) is 2. The summed E-state index contributed by atoms with van der Waals surface area (Å²) in [7, 11) is 0. The first-order chi connectivity index (χ1) is 8.86. The van der Waals surface area contributed by atoms with Crippen LogP contribution in [0.2, 0.25) is 0 Å². The first kappa shape index (κ1) is 18.1. The van der Waals surface area contributed by atoms with E-state index in [-0.39, 0.29) is 19.1 Å². The lowest BCUT2D eigenvalue weighted by molar-refractivity contribution is -0.140. The third kappa shape index (κ3) is 9.64. The summed E-state index contributed by atoms with van der Waals surface area (Å²) in [4.78, 5) is 11.5. The third-order valence-electron chi connectivity index (χ3n) is 2.38. The molecule has 2 N–H and O–H groups in total. The van der Waals surface area contributed by atoms with Gasteiger partial charge in [0, 0.05) is 5.57 Å². The highest BCUT2D eigenvalue weighted by Gasteiger charge is 2.14. The van der Waals surface area contributed by atoms with Gasteiger partial charge in [0.05, 0.1) is 32.0 Å². The number of aliphatic hydroxyl groups excluding tert-OH is 2. The molecule has 0 saturated carbocycles.